The molecule has 0 rings (SSSR count). The molecule has 0 fully saturated rings. The molecule has 0 amide bonds. The number of carboxylic acids is 4. The third kappa shape index (κ3) is 14.5. The van der Waals surface area contributed by atoms with Crippen LogP contribution in [-0.2, 0) is 28.3 Å². The van der Waals surface area contributed by atoms with Crippen LogP contribution in [0.2, 0.25) is 0 Å². The maximum absolute atomic E-state index is 11.0. The lowest BCUT2D eigenvalue weighted by atomic mass is 10.4. The molecule has 0 aromatic carbocycles. The van der Waals surface area contributed by atoms with Crippen LogP contribution in [-0.4, -0.2) is 118 Å². The molecule has 154 valence electrons. The number of nitrogens with zero attached hydrogens (tertiary/aromatic N) is 3. The Labute approximate surface area is 154 Å². The van der Waals surface area contributed by atoms with E-state index in [9.17, 15) is 28.3 Å². The largest absolute Gasteiger partial charge is 0.480 e. The highest BCUT2D eigenvalue weighted by Gasteiger charge is 2.18. The summed E-state index contributed by atoms with van der Waals surface area (Å²) in [7, 11) is -2.84. The minimum atomic E-state index is -2.84. The van der Waals surface area contributed by atoms with Crippen LogP contribution >= 0.6 is 7.68 Å². The smallest absolute Gasteiger partial charge is 0.330 e. The van der Waals surface area contributed by atoms with E-state index < -0.39 is 64.0 Å². The number of carboxylic acid groups (broad SMARTS) is 4. The maximum Gasteiger partial charge on any atom is 0.330 e. The van der Waals surface area contributed by atoms with Crippen LogP contribution in [0.3, 0.4) is 0 Å². The fraction of sp³-hybridized carbons (Fsp3) is 0.692. The topological polar surface area (TPSA) is 193 Å². The van der Waals surface area contributed by atoms with Crippen LogP contribution in [0.25, 0.3) is 0 Å². The van der Waals surface area contributed by atoms with Crippen molar-refractivity contribution in [2.75, 3.05) is 58.6 Å². The molecule has 0 aliphatic rings. The first-order valence-electron chi connectivity index (χ1n) is 7.65. The zero-order valence-corrected chi connectivity index (χ0v) is 15.3. The van der Waals surface area contributed by atoms with Gasteiger partial charge in [0.1, 0.15) is 6.29 Å². The first-order chi connectivity index (χ1) is 12.5. The van der Waals surface area contributed by atoms with Gasteiger partial charge in [0.05, 0.1) is 26.2 Å². The van der Waals surface area contributed by atoms with Gasteiger partial charge in [-0.3, -0.25) is 33.9 Å². The monoisotopic (exact) mass is 411 g/mol. The van der Waals surface area contributed by atoms with Crippen molar-refractivity contribution in [2.24, 2.45) is 0 Å². The van der Waals surface area contributed by atoms with Crippen molar-refractivity contribution in [3.05, 3.63) is 0 Å². The van der Waals surface area contributed by atoms with Crippen LogP contribution in [0.4, 0.5) is 0 Å². The summed E-state index contributed by atoms with van der Waals surface area (Å²) in [5.74, 6) is -4.97. The Morgan fingerprint density at radius 2 is 0.815 bits per heavy atom. The van der Waals surface area contributed by atoms with Gasteiger partial charge in [-0.1, -0.05) is 0 Å². The molecule has 0 aliphatic carbocycles. The van der Waals surface area contributed by atoms with E-state index in [0.717, 1.165) is 9.80 Å². The van der Waals surface area contributed by atoms with E-state index in [0.29, 0.717) is 0 Å². The predicted molar refractivity (Wildman–Crippen MR) is 88.2 cm³/mol. The first-order valence-corrected chi connectivity index (χ1v) is 9.02. The maximum atomic E-state index is 11.0. The van der Waals surface area contributed by atoms with E-state index in [2.05, 4.69) is 0 Å². The third-order valence-corrected chi connectivity index (χ3v) is 3.85. The SMILES string of the molecule is O=C(O)CN(CCN(CCN(CC(=O)O)CC(=O)O)CP(=O)=O)CC(=O)O. The molecule has 0 heterocycles. The molecule has 4 N–H and O–H groups in total. The van der Waals surface area contributed by atoms with Crippen molar-refractivity contribution in [2.45, 2.75) is 0 Å². The van der Waals surface area contributed by atoms with Crippen LogP contribution in [0, 0.1) is 0 Å². The van der Waals surface area contributed by atoms with Gasteiger partial charge in [0.2, 0.25) is 0 Å². The van der Waals surface area contributed by atoms with Gasteiger partial charge in [0, 0.05) is 26.2 Å². The molecule has 27 heavy (non-hydrogen) atoms. The van der Waals surface area contributed by atoms with Crippen LogP contribution in [0.15, 0.2) is 0 Å². The second-order valence-corrected chi connectivity index (χ2v) is 6.54. The third-order valence-electron chi connectivity index (χ3n) is 3.22. The van der Waals surface area contributed by atoms with Gasteiger partial charge >= 0.3 is 31.6 Å². The molecule has 0 saturated heterocycles. The van der Waals surface area contributed by atoms with Gasteiger partial charge in [-0.15, -0.1) is 0 Å². The van der Waals surface area contributed by atoms with Crippen molar-refractivity contribution >= 4 is 31.6 Å². The van der Waals surface area contributed by atoms with E-state index in [-0.39, 0.29) is 26.2 Å². The Morgan fingerprint density at radius 3 is 1.04 bits per heavy atom. The van der Waals surface area contributed by atoms with Gasteiger partial charge < -0.3 is 20.4 Å². The summed E-state index contributed by atoms with van der Waals surface area (Å²) in [6, 6.07) is 0. The summed E-state index contributed by atoms with van der Waals surface area (Å²) in [6.45, 7) is -2.31. The summed E-state index contributed by atoms with van der Waals surface area (Å²) in [4.78, 5) is 46.6. The van der Waals surface area contributed by atoms with Crippen molar-refractivity contribution in [1.82, 2.24) is 14.7 Å². The van der Waals surface area contributed by atoms with Crippen molar-refractivity contribution in [1.29, 1.82) is 0 Å². The summed E-state index contributed by atoms with van der Waals surface area (Å²) in [6.07, 6.45) is -0.419. The molecule has 0 aliphatic heterocycles. The van der Waals surface area contributed by atoms with Gasteiger partial charge in [0.25, 0.3) is 0 Å². The highest BCUT2D eigenvalue weighted by Crippen LogP contribution is 2.07. The molecular weight excluding hydrogens is 389 g/mol. The highest BCUT2D eigenvalue weighted by molar-refractivity contribution is 7.30. The zero-order chi connectivity index (χ0) is 21.0. The lowest BCUT2D eigenvalue weighted by molar-refractivity contribution is -0.143. The quantitative estimate of drug-likeness (QED) is 0.211. The van der Waals surface area contributed by atoms with Gasteiger partial charge in [0.15, 0.2) is 0 Å². The van der Waals surface area contributed by atoms with E-state index in [1.165, 1.54) is 4.90 Å². The Hall–Kier alpha value is -2.34. The Kier molecular flexibility index (Phi) is 11.8. The first kappa shape index (κ1) is 24.7. The normalized spacial score (nSPS) is 11.1. The molecule has 0 aromatic heterocycles. The van der Waals surface area contributed by atoms with Gasteiger partial charge in [-0.25, -0.2) is 9.13 Å². The number of carbonyl (C=O) groups is 4. The van der Waals surface area contributed by atoms with Gasteiger partial charge in [-0.2, -0.15) is 0 Å². The molecule has 0 aromatic rings. The predicted octanol–water partition coefficient (Wildman–Crippen LogP) is -1.64. The number of aliphatic carboxylic acids is 4. The fourth-order valence-electron chi connectivity index (χ4n) is 2.18. The van der Waals surface area contributed by atoms with Crippen molar-refractivity contribution in [3.8, 4) is 0 Å². The summed E-state index contributed by atoms with van der Waals surface area (Å²) >= 11 is 0. The molecule has 14 heteroatoms. The average molecular weight is 411 g/mol. The lowest BCUT2D eigenvalue weighted by Gasteiger charge is -2.26. The fourth-order valence-corrected chi connectivity index (χ4v) is 2.78. The van der Waals surface area contributed by atoms with Crippen molar-refractivity contribution < 1.29 is 48.7 Å². The summed E-state index contributed by atoms with van der Waals surface area (Å²) in [5, 5.41) is 35.2. The molecule has 0 unspecified atom stereocenters. The summed E-state index contributed by atoms with van der Waals surface area (Å²) < 4.78 is 22.0. The molecule has 0 saturated carbocycles. The van der Waals surface area contributed by atoms with E-state index in [4.69, 9.17) is 20.4 Å². The zero-order valence-electron chi connectivity index (χ0n) is 14.4. The average Bonchev–Trinajstić information content (AvgIpc) is 2.46. The van der Waals surface area contributed by atoms with E-state index in [1.54, 1.807) is 0 Å². The van der Waals surface area contributed by atoms with E-state index in [1.807, 2.05) is 0 Å². The highest BCUT2D eigenvalue weighted by atomic mass is 31.1. The van der Waals surface area contributed by atoms with Crippen LogP contribution < -0.4 is 0 Å². The second-order valence-electron chi connectivity index (χ2n) is 5.59. The molecule has 13 nitrogen and oxygen atoms in total. The van der Waals surface area contributed by atoms with Crippen LogP contribution in [0.1, 0.15) is 0 Å². The van der Waals surface area contributed by atoms with Crippen LogP contribution in [0.5, 0.6) is 0 Å². The minimum absolute atomic E-state index is 0.00213. The molecular formula is C13H22N3O10P. The minimum Gasteiger partial charge on any atom is -0.480 e. The molecule has 0 bridgehead atoms. The molecule has 0 atom stereocenters. The number of hydrogen-bond donors (Lipinski definition) is 4. The van der Waals surface area contributed by atoms with E-state index >= 15 is 0 Å². The lowest BCUT2D eigenvalue weighted by Crippen LogP contribution is -2.43. The van der Waals surface area contributed by atoms with Gasteiger partial charge in [-0.05, 0) is 0 Å². The second kappa shape index (κ2) is 12.9. The Bertz CT molecular complexity index is 529. The standard InChI is InChI=1S/C13H22N3O10P/c17-10(18)5-15(6-11(19)20)3-1-14(9-27(25)26)2-4-16(7-12(21)22)8-13(23)24/h1-9H2,(H,17,18)(H,19,20)(H,21,22)(H,23,24). The number of hydrogen-bond acceptors (Lipinski definition) is 9. The number of rotatable bonds is 16. The summed E-state index contributed by atoms with van der Waals surface area (Å²) in [5.41, 5.74) is 0. The van der Waals surface area contributed by atoms with Crippen molar-refractivity contribution in [3.63, 3.8) is 0 Å². The Balaban J connectivity index is 4.87. The molecule has 0 spiro atoms. The molecule has 0 radical (unpaired) electrons. The Morgan fingerprint density at radius 1 is 0.556 bits per heavy atom.